The van der Waals surface area contributed by atoms with E-state index >= 15 is 0 Å². The molecule has 4 heterocycles. The van der Waals surface area contributed by atoms with Crippen molar-refractivity contribution in [2.75, 3.05) is 55.5 Å². The number of aldehydes is 1. The number of urea groups is 1. The SMILES string of the molecule is COCCNc1cc(NC(=O)N2CCCc3cc(CN(CC4CCCO4)C(C)=O)c(C=O)nc32)ncc1C#N. The molecular weight excluding hydrogens is 502 g/mol. The van der Waals surface area contributed by atoms with E-state index in [0.717, 1.165) is 18.4 Å². The molecule has 4 rings (SSSR count). The summed E-state index contributed by atoms with van der Waals surface area (Å²) in [6, 6.07) is 5.09. The fourth-order valence-corrected chi connectivity index (χ4v) is 4.75. The van der Waals surface area contributed by atoms with E-state index in [0.29, 0.717) is 74.6 Å². The van der Waals surface area contributed by atoms with Gasteiger partial charge in [0.1, 0.15) is 23.4 Å². The first-order valence-electron chi connectivity index (χ1n) is 13.0. The number of methoxy groups -OCH3 is 1. The van der Waals surface area contributed by atoms with Gasteiger partial charge in [-0.05, 0) is 37.3 Å². The second kappa shape index (κ2) is 13.1. The standard InChI is InChI=1S/C27H33N7O5/c1-18(36)33(16-22-6-4-9-39-22)15-20-11-19-5-3-8-34(26(19)31-24(20)17-35)27(37)32-25-12-23(29-7-10-38-2)21(13-28)14-30-25/h11-12,14,17,22H,3-10,15-16H2,1-2H3,(H2,29,30,32,37). The molecule has 206 valence electrons. The molecule has 12 heteroatoms. The Balaban J connectivity index is 1.53. The summed E-state index contributed by atoms with van der Waals surface area (Å²) in [5.74, 6) is 0.571. The van der Waals surface area contributed by atoms with E-state index in [9.17, 15) is 19.6 Å². The minimum atomic E-state index is -0.447. The van der Waals surface area contributed by atoms with Gasteiger partial charge in [-0.1, -0.05) is 0 Å². The molecule has 0 radical (unpaired) electrons. The topological polar surface area (TPSA) is 150 Å². The molecule has 0 spiro atoms. The van der Waals surface area contributed by atoms with E-state index < -0.39 is 6.03 Å². The normalized spacial score (nSPS) is 16.2. The number of nitrogens with zero attached hydrogens (tertiary/aromatic N) is 5. The van der Waals surface area contributed by atoms with Crippen LogP contribution in [0.5, 0.6) is 0 Å². The van der Waals surface area contributed by atoms with E-state index in [1.807, 2.05) is 6.07 Å². The van der Waals surface area contributed by atoms with Gasteiger partial charge < -0.3 is 19.7 Å². The van der Waals surface area contributed by atoms with Crippen molar-refractivity contribution in [3.8, 4) is 6.07 Å². The first kappa shape index (κ1) is 27.9. The highest BCUT2D eigenvalue weighted by atomic mass is 16.5. The highest BCUT2D eigenvalue weighted by Crippen LogP contribution is 2.29. The van der Waals surface area contributed by atoms with Crippen LogP contribution in [0.2, 0.25) is 0 Å². The molecular formula is C27H33N7O5. The number of pyridine rings is 2. The molecule has 2 aliphatic heterocycles. The zero-order valence-electron chi connectivity index (χ0n) is 22.2. The van der Waals surface area contributed by atoms with Crippen LogP contribution in [-0.4, -0.2) is 79.2 Å². The number of ether oxygens (including phenoxy) is 2. The van der Waals surface area contributed by atoms with Gasteiger partial charge in [-0.25, -0.2) is 14.8 Å². The Hall–Kier alpha value is -4.08. The maximum absolute atomic E-state index is 13.3. The zero-order valence-corrected chi connectivity index (χ0v) is 22.2. The molecule has 39 heavy (non-hydrogen) atoms. The van der Waals surface area contributed by atoms with Gasteiger partial charge in [-0.3, -0.25) is 19.8 Å². The van der Waals surface area contributed by atoms with E-state index in [1.165, 1.54) is 18.0 Å². The lowest BCUT2D eigenvalue weighted by molar-refractivity contribution is -0.131. The van der Waals surface area contributed by atoms with Crippen molar-refractivity contribution in [1.82, 2.24) is 14.9 Å². The van der Waals surface area contributed by atoms with Gasteiger partial charge in [-0.15, -0.1) is 0 Å². The summed E-state index contributed by atoms with van der Waals surface area (Å²) in [6.45, 7) is 4.24. The number of anilines is 3. The van der Waals surface area contributed by atoms with Crippen LogP contribution in [0.15, 0.2) is 18.3 Å². The van der Waals surface area contributed by atoms with Crippen molar-refractivity contribution in [1.29, 1.82) is 5.26 Å². The molecule has 2 N–H and O–H groups in total. The average molecular weight is 536 g/mol. The number of carbonyl (C=O) groups is 3. The number of amides is 3. The number of aryl methyl sites for hydroxylation is 1. The molecule has 0 saturated carbocycles. The van der Waals surface area contributed by atoms with Crippen molar-refractivity contribution < 1.29 is 23.9 Å². The average Bonchev–Trinajstić information content (AvgIpc) is 3.45. The lowest BCUT2D eigenvalue weighted by atomic mass is 10.0. The molecule has 3 amide bonds. The van der Waals surface area contributed by atoms with Gasteiger partial charge in [0.25, 0.3) is 0 Å². The predicted octanol–water partition coefficient (Wildman–Crippen LogP) is 2.73. The first-order chi connectivity index (χ1) is 18.9. The maximum Gasteiger partial charge on any atom is 0.328 e. The zero-order chi connectivity index (χ0) is 27.8. The fourth-order valence-electron chi connectivity index (χ4n) is 4.75. The van der Waals surface area contributed by atoms with Crippen LogP contribution in [-0.2, 0) is 27.2 Å². The summed E-state index contributed by atoms with van der Waals surface area (Å²) in [5.41, 5.74) is 2.53. The molecule has 0 aliphatic carbocycles. The van der Waals surface area contributed by atoms with Crippen molar-refractivity contribution >= 4 is 35.5 Å². The van der Waals surface area contributed by atoms with Crippen LogP contribution < -0.4 is 15.5 Å². The molecule has 1 saturated heterocycles. The fraction of sp³-hybridized carbons (Fsp3) is 0.481. The summed E-state index contributed by atoms with van der Waals surface area (Å²) >= 11 is 0. The Bertz CT molecular complexity index is 1260. The van der Waals surface area contributed by atoms with Crippen molar-refractivity contribution in [3.63, 3.8) is 0 Å². The van der Waals surface area contributed by atoms with E-state index in [4.69, 9.17) is 9.47 Å². The number of fused-ring (bicyclic) bond motifs is 1. The number of carbonyl (C=O) groups excluding carboxylic acids is 3. The molecule has 1 unspecified atom stereocenters. The number of aromatic nitrogens is 2. The van der Waals surface area contributed by atoms with Crippen molar-refractivity contribution in [2.24, 2.45) is 0 Å². The van der Waals surface area contributed by atoms with Gasteiger partial charge in [0.15, 0.2) is 6.29 Å². The Labute approximate surface area is 227 Å². The van der Waals surface area contributed by atoms with Crippen molar-refractivity contribution in [3.05, 3.63) is 40.7 Å². The Morgan fingerprint density at radius 1 is 1.36 bits per heavy atom. The molecule has 0 aromatic carbocycles. The lowest BCUT2D eigenvalue weighted by Crippen LogP contribution is -2.40. The Morgan fingerprint density at radius 3 is 2.90 bits per heavy atom. The molecule has 12 nitrogen and oxygen atoms in total. The highest BCUT2D eigenvalue weighted by molar-refractivity contribution is 6.01. The number of hydrogen-bond donors (Lipinski definition) is 2. The van der Waals surface area contributed by atoms with E-state index in [1.54, 1.807) is 18.1 Å². The summed E-state index contributed by atoms with van der Waals surface area (Å²) in [4.78, 5) is 49.5. The number of nitriles is 1. The van der Waals surface area contributed by atoms with E-state index in [2.05, 4.69) is 26.7 Å². The van der Waals surface area contributed by atoms with Gasteiger partial charge in [0.2, 0.25) is 5.91 Å². The first-order valence-corrected chi connectivity index (χ1v) is 13.0. The summed E-state index contributed by atoms with van der Waals surface area (Å²) in [7, 11) is 1.58. The third-order valence-electron chi connectivity index (χ3n) is 6.77. The lowest BCUT2D eigenvalue weighted by Gasteiger charge is -2.30. The molecule has 1 atom stereocenters. The quantitative estimate of drug-likeness (QED) is 0.346. The third-order valence-corrected chi connectivity index (χ3v) is 6.77. The summed E-state index contributed by atoms with van der Waals surface area (Å²) in [6.07, 6.45) is 5.30. The van der Waals surface area contributed by atoms with Crippen LogP contribution in [0.3, 0.4) is 0 Å². The monoisotopic (exact) mass is 535 g/mol. The maximum atomic E-state index is 13.3. The highest BCUT2D eigenvalue weighted by Gasteiger charge is 2.28. The summed E-state index contributed by atoms with van der Waals surface area (Å²) < 4.78 is 10.7. The minimum absolute atomic E-state index is 0.00937. The van der Waals surface area contributed by atoms with Gasteiger partial charge in [0.05, 0.1) is 24.0 Å². The smallest absolute Gasteiger partial charge is 0.328 e. The minimum Gasteiger partial charge on any atom is -0.383 e. The number of rotatable bonds is 10. The third kappa shape index (κ3) is 6.87. The molecule has 2 aromatic heterocycles. The summed E-state index contributed by atoms with van der Waals surface area (Å²) in [5, 5.41) is 15.2. The van der Waals surface area contributed by atoms with Crippen LogP contribution in [0, 0.1) is 11.3 Å². The van der Waals surface area contributed by atoms with E-state index in [-0.39, 0.29) is 30.1 Å². The van der Waals surface area contributed by atoms with Crippen molar-refractivity contribution in [2.45, 2.75) is 45.3 Å². The predicted molar refractivity (Wildman–Crippen MR) is 144 cm³/mol. The Kier molecular flexibility index (Phi) is 9.40. The molecule has 1 fully saturated rings. The second-order valence-electron chi connectivity index (χ2n) is 9.50. The van der Waals surface area contributed by atoms with Crippen LogP contribution in [0.25, 0.3) is 0 Å². The molecule has 2 aliphatic rings. The second-order valence-corrected chi connectivity index (χ2v) is 9.50. The number of nitrogens with one attached hydrogen (secondary N) is 2. The molecule has 2 aromatic rings. The van der Waals surface area contributed by atoms with Crippen LogP contribution in [0.1, 0.15) is 53.4 Å². The molecule has 0 bridgehead atoms. The van der Waals surface area contributed by atoms with Gasteiger partial charge in [0, 0.05) is 64.6 Å². The Morgan fingerprint density at radius 2 is 2.21 bits per heavy atom. The van der Waals surface area contributed by atoms with Gasteiger partial charge >= 0.3 is 6.03 Å². The van der Waals surface area contributed by atoms with Gasteiger partial charge in [-0.2, -0.15) is 5.26 Å². The van der Waals surface area contributed by atoms with Crippen LogP contribution >= 0.6 is 0 Å². The van der Waals surface area contributed by atoms with Crippen LogP contribution in [0.4, 0.5) is 22.1 Å². The largest absolute Gasteiger partial charge is 0.383 e. The number of hydrogen-bond acceptors (Lipinski definition) is 9.